The maximum absolute atomic E-state index is 11.9. The third kappa shape index (κ3) is 3.39. The summed E-state index contributed by atoms with van der Waals surface area (Å²) in [5.74, 6) is -0.0929. The number of nitrogens with zero attached hydrogens (tertiary/aromatic N) is 1. The van der Waals surface area contributed by atoms with E-state index in [1.54, 1.807) is 4.90 Å². The molecule has 2 aliphatic heterocycles. The first-order chi connectivity index (χ1) is 10.7. The second kappa shape index (κ2) is 6.79. The molecule has 0 spiro atoms. The van der Waals surface area contributed by atoms with Crippen LogP contribution in [0.1, 0.15) is 24.5 Å². The number of ether oxygens (including phenoxy) is 2. The van der Waals surface area contributed by atoms with Gasteiger partial charge in [-0.25, -0.2) is 4.79 Å². The second-order valence-electron chi connectivity index (χ2n) is 5.52. The predicted molar refractivity (Wildman–Crippen MR) is 79.2 cm³/mol. The van der Waals surface area contributed by atoms with E-state index in [9.17, 15) is 9.59 Å². The van der Waals surface area contributed by atoms with Crippen molar-refractivity contribution in [2.45, 2.75) is 25.0 Å². The number of carbonyl (C=O) groups excluding carboxylic acids is 2. The number of hydrogen-bond acceptors (Lipinski definition) is 4. The van der Waals surface area contributed by atoms with Crippen molar-refractivity contribution in [1.29, 1.82) is 0 Å². The number of hydrogen-bond donors (Lipinski definition) is 1. The maximum Gasteiger partial charge on any atom is 0.410 e. The highest BCUT2D eigenvalue weighted by molar-refractivity contribution is 5.81. The summed E-state index contributed by atoms with van der Waals surface area (Å²) in [6.45, 7) is 2.02. The average Bonchev–Trinajstić information content (AvgIpc) is 3.18. The quantitative estimate of drug-likeness (QED) is 0.894. The van der Waals surface area contributed by atoms with Crippen LogP contribution in [0.5, 0.6) is 0 Å². The summed E-state index contributed by atoms with van der Waals surface area (Å²) in [7, 11) is 0. The molecule has 22 heavy (non-hydrogen) atoms. The second-order valence-corrected chi connectivity index (χ2v) is 5.52. The molecule has 6 heteroatoms. The number of benzene rings is 1. The lowest BCUT2D eigenvalue weighted by Gasteiger charge is -2.15. The Bertz CT molecular complexity index is 528. The van der Waals surface area contributed by atoms with Gasteiger partial charge in [-0.1, -0.05) is 30.3 Å². The molecule has 2 atom stereocenters. The first kappa shape index (κ1) is 14.8. The van der Waals surface area contributed by atoms with Crippen LogP contribution in [0, 0.1) is 0 Å². The van der Waals surface area contributed by atoms with Crippen LogP contribution in [0.15, 0.2) is 30.3 Å². The average molecular weight is 304 g/mol. The molecule has 0 radical (unpaired) electrons. The third-order valence-electron chi connectivity index (χ3n) is 3.96. The Morgan fingerprint density at radius 1 is 1.32 bits per heavy atom. The van der Waals surface area contributed by atoms with Crippen LogP contribution in [0.4, 0.5) is 4.79 Å². The first-order valence-electron chi connectivity index (χ1n) is 7.64. The molecule has 2 amide bonds. The van der Waals surface area contributed by atoms with E-state index in [1.165, 1.54) is 0 Å². The molecule has 2 heterocycles. The van der Waals surface area contributed by atoms with E-state index in [-0.39, 0.29) is 24.2 Å². The monoisotopic (exact) mass is 304 g/mol. The van der Waals surface area contributed by atoms with Crippen molar-refractivity contribution in [2.24, 2.45) is 0 Å². The van der Waals surface area contributed by atoms with Crippen LogP contribution in [0.25, 0.3) is 0 Å². The van der Waals surface area contributed by atoms with E-state index < -0.39 is 0 Å². The van der Waals surface area contributed by atoms with Crippen molar-refractivity contribution in [3.8, 4) is 0 Å². The van der Waals surface area contributed by atoms with Crippen molar-refractivity contribution in [1.82, 2.24) is 10.2 Å². The Balaban J connectivity index is 1.45. The van der Waals surface area contributed by atoms with Gasteiger partial charge in [-0.2, -0.15) is 0 Å². The normalized spacial score (nSPS) is 24.4. The molecule has 1 aromatic carbocycles. The summed E-state index contributed by atoms with van der Waals surface area (Å²) in [6.07, 6.45) is 0.800. The van der Waals surface area contributed by atoms with E-state index in [0.717, 1.165) is 18.4 Å². The number of nitrogens with one attached hydrogen (secondary N) is 1. The van der Waals surface area contributed by atoms with Gasteiger partial charge in [0.25, 0.3) is 0 Å². The van der Waals surface area contributed by atoms with E-state index >= 15 is 0 Å². The van der Waals surface area contributed by atoms with E-state index in [1.807, 2.05) is 30.3 Å². The Hall–Kier alpha value is -2.08. The van der Waals surface area contributed by atoms with Crippen LogP contribution in [-0.4, -0.2) is 49.2 Å². The Kier molecular flexibility index (Phi) is 4.58. The van der Waals surface area contributed by atoms with Crippen molar-refractivity contribution < 1.29 is 19.1 Å². The molecule has 1 N–H and O–H groups in total. The van der Waals surface area contributed by atoms with Gasteiger partial charge >= 0.3 is 6.09 Å². The molecule has 2 unspecified atom stereocenters. The summed E-state index contributed by atoms with van der Waals surface area (Å²) in [4.78, 5) is 25.3. The SMILES string of the molecule is O=C(NCCN1CC(c2ccccc2)OC1=O)C1CCCO1. The zero-order valence-corrected chi connectivity index (χ0v) is 12.4. The number of cyclic esters (lactones) is 1. The minimum Gasteiger partial charge on any atom is -0.439 e. The largest absolute Gasteiger partial charge is 0.439 e. The zero-order valence-electron chi connectivity index (χ0n) is 12.4. The van der Waals surface area contributed by atoms with Gasteiger partial charge < -0.3 is 19.7 Å². The first-order valence-corrected chi connectivity index (χ1v) is 7.64. The van der Waals surface area contributed by atoms with Crippen LogP contribution in [-0.2, 0) is 14.3 Å². The van der Waals surface area contributed by atoms with E-state index in [2.05, 4.69) is 5.32 Å². The molecule has 0 aromatic heterocycles. The third-order valence-corrected chi connectivity index (χ3v) is 3.96. The molecule has 0 saturated carbocycles. The summed E-state index contributed by atoms with van der Waals surface area (Å²) in [6, 6.07) is 9.67. The van der Waals surface area contributed by atoms with Crippen LogP contribution in [0.2, 0.25) is 0 Å². The molecular weight excluding hydrogens is 284 g/mol. The van der Waals surface area contributed by atoms with Crippen molar-refractivity contribution in [2.75, 3.05) is 26.2 Å². The fraction of sp³-hybridized carbons (Fsp3) is 0.500. The van der Waals surface area contributed by atoms with Crippen molar-refractivity contribution in [3.05, 3.63) is 35.9 Å². The molecule has 2 saturated heterocycles. The predicted octanol–water partition coefficient (Wildman–Crippen LogP) is 1.48. The van der Waals surface area contributed by atoms with Gasteiger partial charge in [0, 0.05) is 19.7 Å². The molecule has 3 rings (SSSR count). The zero-order chi connectivity index (χ0) is 15.4. The van der Waals surface area contributed by atoms with Crippen molar-refractivity contribution in [3.63, 3.8) is 0 Å². The van der Waals surface area contributed by atoms with Gasteiger partial charge in [-0.05, 0) is 18.4 Å². The highest BCUT2D eigenvalue weighted by atomic mass is 16.6. The number of amides is 2. The van der Waals surface area contributed by atoms with Gasteiger partial charge in [0.15, 0.2) is 0 Å². The Labute approximate surface area is 129 Å². The van der Waals surface area contributed by atoms with Crippen LogP contribution >= 0.6 is 0 Å². The molecule has 6 nitrogen and oxygen atoms in total. The minimum absolute atomic E-state index is 0.0929. The number of rotatable bonds is 5. The highest BCUT2D eigenvalue weighted by Gasteiger charge is 2.32. The Morgan fingerprint density at radius 2 is 2.14 bits per heavy atom. The van der Waals surface area contributed by atoms with Gasteiger partial charge in [0.1, 0.15) is 12.2 Å². The van der Waals surface area contributed by atoms with Gasteiger partial charge in [0.2, 0.25) is 5.91 Å². The molecule has 2 aliphatic rings. The molecule has 118 valence electrons. The van der Waals surface area contributed by atoms with Gasteiger partial charge in [-0.3, -0.25) is 4.79 Å². The molecule has 0 bridgehead atoms. The summed E-state index contributed by atoms with van der Waals surface area (Å²) >= 11 is 0. The van der Waals surface area contributed by atoms with E-state index in [0.29, 0.717) is 26.2 Å². The fourth-order valence-corrected chi connectivity index (χ4v) is 2.74. The minimum atomic E-state index is -0.333. The fourth-order valence-electron chi connectivity index (χ4n) is 2.74. The van der Waals surface area contributed by atoms with Crippen LogP contribution < -0.4 is 5.32 Å². The molecule has 0 aliphatic carbocycles. The summed E-state index contributed by atoms with van der Waals surface area (Å²) in [5.41, 5.74) is 0.988. The lowest BCUT2D eigenvalue weighted by molar-refractivity contribution is -0.130. The van der Waals surface area contributed by atoms with Crippen LogP contribution in [0.3, 0.4) is 0 Å². The topological polar surface area (TPSA) is 67.9 Å². The molecular formula is C16H20N2O4. The standard InChI is InChI=1S/C16H20N2O4/c19-15(13-7-4-10-21-13)17-8-9-18-11-14(22-16(18)20)12-5-2-1-3-6-12/h1-3,5-6,13-14H,4,7-11H2,(H,17,19). The van der Waals surface area contributed by atoms with E-state index in [4.69, 9.17) is 9.47 Å². The molecule has 1 aromatic rings. The Morgan fingerprint density at radius 3 is 2.86 bits per heavy atom. The smallest absolute Gasteiger partial charge is 0.410 e. The summed E-state index contributed by atoms with van der Waals surface area (Å²) < 4.78 is 10.7. The van der Waals surface area contributed by atoms with Gasteiger partial charge in [0.05, 0.1) is 6.54 Å². The molecule has 2 fully saturated rings. The number of carbonyl (C=O) groups is 2. The highest BCUT2D eigenvalue weighted by Crippen LogP contribution is 2.25. The van der Waals surface area contributed by atoms with Crippen molar-refractivity contribution >= 4 is 12.0 Å². The lowest BCUT2D eigenvalue weighted by Crippen LogP contribution is -2.39. The van der Waals surface area contributed by atoms with Gasteiger partial charge in [-0.15, -0.1) is 0 Å². The lowest BCUT2D eigenvalue weighted by atomic mass is 10.1. The maximum atomic E-state index is 11.9. The summed E-state index contributed by atoms with van der Waals surface area (Å²) in [5, 5.41) is 2.81.